The highest BCUT2D eigenvalue weighted by molar-refractivity contribution is 14.0. The molecule has 142 valence electrons. The first-order valence-electron chi connectivity index (χ1n) is 8.75. The molecule has 1 aromatic rings. The SMILES string of the molecule is CN=C(NCCOCC1CC1)NC1CCc2nc(COC)nn2C1.I. The van der Waals surface area contributed by atoms with Crippen LogP contribution in [0.5, 0.6) is 0 Å². The number of nitrogens with one attached hydrogen (secondary N) is 2. The lowest BCUT2D eigenvalue weighted by molar-refractivity contribution is 0.129. The third-order valence-corrected chi connectivity index (χ3v) is 4.33. The summed E-state index contributed by atoms with van der Waals surface area (Å²) in [6, 6.07) is 0.299. The van der Waals surface area contributed by atoms with E-state index in [0.29, 0.717) is 12.6 Å². The van der Waals surface area contributed by atoms with E-state index < -0.39 is 0 Å². The van der Waals surface area contributed by atoms with Gasteiger partial charge in [-0.25, -0.2) is 9.67 Å². The van der Waals surface area contributed by atoms with E-state index in [2.05, 4.69) is 25.7 Å². The zero-order chi connectivity index (χ0) is 16.8. The molecule has 1 saturated carbocycles. The standard InChI is InChI=1S/C16H28N6O2.HI/c1-17-16(18-7-8-24-10-12-3-4-12)19-13-5-6-15-20-14(11-23-2)21-22(15)9-13;/h12-13H,3-11H2,1-2H3,(H2,17,18,19);1H. The number of hydrogen-bond donors (Lipinski definition) is 2. The summed E-state index contributed by atoms with van der Waals surface area (Å²) in [6.07, 6.45) is 4.59. The molecule has 1 aliphatic heterocycles. The molecule has 1 unspecified atom stereocenters. The van der Waals surface area contributed by atoms with Crippen molar-refractivity contribution in [1.29, 1.82) is 0 Å². The summed E-state index contributed by atoms with van der Waals surface area (Å²) in [6.45, 7) is 3.64. The molecule has 0 aromatic carbocycles. The fourth-order valence-corrected chi connectivity index (χ4v) is 2.83. The van der Waals surface area contributed by atoms with E-state index >= 15 is 0 Å². The number of ether oxygens (including phenoxy) is 2. The van der Waals surface area contributed by atoms with Crippen LogP contribution in [0.15, 0.2) is 4.99 Å². The summed E-state index contributed by atoms with van der Waals surface area (Å²) < 4.78 is 12.7. The third-order valence-electron chi connectivity index (χ3n) is 4.33. The summed E-state index contributed by atoms with van der Waals surface area (Å²) in [5, 5.41) is 11.3. The molecular formula is C16H29IN6O2. The summed E-state index contributed by atoms with van der Waals surface area (Å²) in [7, 11) is 3.45. The molecular weight excluding hydrogens is 435 g/mol. The molecule has 0 amide bonds. The molecule has 1 atom stereocenters. The number of halogens is 1. The van der Waals surface area contributed by atoms with Crippen molar-refractivity contribution in [2.75, 3.05) is 33.9 Å². The van der Waals surface area contributed by atoms with Gasteiger partial charge in [-0.2, -0.15) is 5.10 Å². The number of guanidine groups is 1. The lowest BCUT2D eigenvalue weighted by Gasteiger charge is -2.25. The maximum Gasteiger partial charge on any atom is 0.191 e. The molecule has 0 saturated heterocycles. The number of aromatic nitrogens is 3. The zero-order valence-electron chi connectivity index (χ0n) is 15.0. The van der Waals surface area contributed by atoms with E-state index in [-0.39, 0.29) is 24.0 Å². The molecule has 2 aliphatic rings. The Hall–Kier alpha value is -0.940. The first-order valence-corrected chi connectivity index (χ1v) is 8.75. The number of nitrogens with zero attached hydrogens (tertiary/aromatic N) is 4. The second-order valence-corrected chi connectivity index (χ2v) is 6.46. The lowest BCUT2D eigenvalue weighted by Crippen LogP contribution is -2.47. The molecule has 2 N–H and O–H groups in total. The van der Waals surface area contributed by atoms with Gasteiger partial charge in [-0.3, -0.25) is 4.99 Å². The Balaban J connectivity index is 0.00000225. The Bertz CT molecular complexity index is 561. The maximum atomic E-state index is 5.64. The van der Waals surface area contributed by atoms with E-state index in [4.69, 9.17) is 9.47 Å². The number of methoxy groups -OCH3 is 1. The van der Waals surface area contributed by atoms with Gasteiger partial charge in [-0.05, 0) is 25.2 Å². The molecule has 1 aromatic heterocycles. The molecule has 3 rings (SSSR count). The molecule has 1 fully saturated rings. The van der Waals surface area contributed by atoms with Gasteiger partial charge in [0.1, 0.15) is 12.4 Å². The van der Waals surface area contributed by atoms with Crippen molar-refractivity contribution in [1.82, 2.24) is 25.4 Å². The number of fused-ring (bicyclic) bond motifs is 1. The highest BCUT2D eigenvalue weighted by Gasteiger charge is 2.22. The topological polar surface area (TPSA) is 85.6 Å². The largest absolute Gasteiger partial charge is 0.379 e. The molecule has 0 radical (unpaired) electrons. The minimum atomic E-state index is 0. The fraction of sp³-hybridized carbons (Fsp3) is 0.812. The average molecular weight is 464 g/mol. The average Bonchev–Trinajstić information content (AvgIpc) is 3.32. The predicted octanol–water partition coefficient (Wildman–Crippen LogP) is 0.949. The normalized spacial score (nSPS) is 19.9. The van der Waals surface area contributed by atoms with Gasteiger partial charge < -0.3 is 20.1 Å². The molecule has 9 heteroatoms. The number of rotatable bonds is 8. The van der Waals surface area contributed by atoms with Crippen molar-refractivity contribution in [3.8, 4) is 0 Å². The summed E-state index contributed by atoms with van der Waals surface area (Å²) in [5.41, 5.74) is 0. The zero-order valence-corrected chi connectivity index (χ0v) is 17.4. The minimum Gasteiger partial charge on any atom is -0.379 e. The fourth-order valence-electron chi connectivity index (χ4n) is 2.83. The third kappa shape index (κ3) is 6.37. The van der Waals surface area contributed by atoms with Crippen LogP contribution in [-0.4, -0.2) is 60.7 Å². The van der Waals surface area contributed by atoms with Crippen molar-refractivity contribution >= 4 is 29.9 Å². The van der Waals surface area contributed by atoms with E-state index in [0.717, 1.165) is 62.7 Å². The van der Waals surface area contributed by atoms with Crippen LogP contribution in [0.3, 0.4) is 0 Å². The van der Waals surface area contributed by atoms with Gasteiger partial charge in [0.25, 0.3) is 0 Å². The quantitative estimate of drug-likeness (QED) is 0.258. The van der Waals surface area contributed by atoms with Gasteiger partial charge in [0.15, 0.2) is 11.8 Å². The van der Waals surface area contributed by atoms with Crippen LogP contribution in [-0.2, 0) is 29.0 Å². The van der Waals surface area contributed by atoms with E-state index in [1.807, 2.05) is 4.68 Å². The van der Waals surface area contributed by atoms with Crippen molar-refractivity contribution in [2.24, 2.45) is 10.9 Å². The first-order chi connectivity index (χ1) is 11.8. The Morgan fingerprint density at radius 3 is 2.92 bits per heavy atom. The lowest BCUT2D eigenvalue weighted by atomic mass is 10.1. The van der Waals surface area contributed by atoms with Crippen molar-refractivity contribution in [2.45, 2.75) is 44.9 Å². The number of aliphatic imine (C=N–C) groups is 1. The molecule has 0 spiro atoms. The van der Waals surface area contributed by atoms with Gasteiger partial charge in [0.2, 0.25) is 0 Å². The highest BCUT2D eigenvalue weighted by Crippen LogP contribution is 2.28. The Morgan fingerprint density at radius 2 is 2.20 bits per heavy atom. The van der Waals surface area contributed by atoms with Crippen LogP contribution in [0.2, 0.25) is 0 Å². The summed E-state index contributed by atoms with van der Waals surface area (Å²) in [5.74, 6) is 3.42. The summed E-state index contributed by atoms with van der Waals surface area (Å²) >= 11 is 0. The van der Waals surface area contributed by atoms with E-state index in [9.17, 15) is 0 Å². The van der Waals surface area contributed by atoms with Gasteiger partial charge in [0, 0.05) is 39.8 Å². The number of aryl methyl sites for hydroxylation is 1. The molecule has 1 aliphatic carbocycles. The van der Waals surface area contributed by atoms with Gasteiger partial charge in [0.05, 0.1) is 13.2 Å². The van der Waals surface area contributed by atoms with E-state index in [1.54, 1.807) is 14.2 Å². The Kier molecular flexibility index (Phi) is 8.37. The van der Waals surface area contributed by atoms with Gasteiger partial charge >= 0.3 is 0 Å². The van der Waals surface area contributed by atoms with E-state index in [1.165, 1.54) is 12.8 Å². The first kappa shape index (κ1) is 20.4. The van der Waals surface area contributed by atoms with Crippen LogP contribution in [0.4, 0.5) is 0 Å². The van der Waals surface area contributed by atoms with Crippen LogP contribution >= 0.6 is 24.0 Å². The Labute approximate surface area is 166 Å². The maximum absolute atomic E-state index is 5.64. The second-order valence-electron chi connectivity index (χ2n) is 6.46. The van der Waals surface area contributed by atoms with Crippen molar-refractivity contribution in [3.05, 3.63) is 11.6 Å². The predicted molar refractivity (Wildman–Crippen MR) is 106 cm³/mol. The molecule has 8 nitrogen and oxygen atoms in total. The second kappa shape index (κ2) is 10.3. The smallest absolute Gasteiger partial charge is 0.191 e. The molecule has 2 heterocycles. The molecule has 25 heavy (non-hydrogen) atoms. The van der Waals surface area contributed by atoms with Crippen molar-refractivity contribution in [3.63, 3.8) is 0 Å². The van der Waals surface area contributed by atoms with Crippen LogP contribution in [0.1, 0.15) is 30.9 Å². The monoisotopic (exact) mass is 464 g/mol. The van der Waals surface area contributed by atoms with Crippen LogP contribution in [0.25, 0.3) is 0 Å². The van der Waals surface area contributed by atoms with Crippen LogP contribution < -0.4 is 10.6 Å². The Morgan fingerprint density at radius 1 is 1.36 bits per heavy atom. The van der Waals surface area contributed by atoms with Crippen molar-refractivity contribution < 1.29 is 9.47 Å². The van der Waals surface area contributed by atoms with Gasteiger partial charge in [-0.1, -0.05) is 0 Å². The minimum absolute atomic E-state index is 0. The van der Waals surface area contributed by atoms with Gasteiger partial charge in [-0.15, -0.1) is 24.0 Å². The molecule has 0 bridgehead atoms. The highest BCUT2D eigenvalue weighted by atomic mass is 127. The summed E-state index contributed by atoms with van der Waals surface area (Å²) in [4.78, 5) is 8.79. The number of hydrogen-bond acceptors (Lipinski definition) is 5. The van der Waals surface area contributed by atoms with Crippen LogP contribution in [0, 0.1) is 5.92 Å².